The molecule has 1 aromatic heterocycles. The second-order valence-electron chi connectivity index (χ2n) is 8.50. The fourth-order valence-electron chi connectivity index (χ4n) is 3.83. The molecule has 0 radical (unpaired) electrons. The molecular formula is C20H25N3O6. The number of hydrogen-bond donors (Lipinski definition) is 1. The molecule has 1 aliphatic heterocycles. The lowest BCUT2D eigenvalue weighted by Gasteiger charge is -2.36. The molecule has 1 aromatic carbocycles. The first-order valence-electron chi connectivity index (χ1n) is 9.42. The number of anilines is 1. The van der Waals surface area contributed by atoms with Crippen LogP contribution in [0, 0.1) is 10.1 Å². The van der Waals surface area contributed by atoms with Crippen LogP contribution in [-0.4, -0.2) is 45.9 Å². The first-order chi connectivity index (χ1) is 13.4. The number of benzene rings is 1. The highest BCUT2D eigenvalue weighted by Gasteiger charge is 2.30. The van der Waals surface area contributed by atoms with Crippen LogP contribution in [0.1, 0.15) is 45.0 Å². The van der Waals surface area contributed by atoms with E-state index in [9.17, 15) is 24.8 Å². The monoisotopic (exact) mass is 403 g/mol. The number of rotatable bonds is 3. The zero-order valence-corrected chi connectivity index (χ0v) is 17.1. The van der Waals surface area contributed by atoms with Gasteiger partial charge in [-0.05, 0) is 40.7 Å². The SMILES string of the molecule is CC1CN(c2cc3c(cc2[N+](=O)[O-])c(=O)c(C(=O)O)cn3C(C)(C)C)CC(C)O1. The molecule has 0 saturated carbocycles. The average molecular weight is 403 g/mol. The Hall–Kier alpha value is -2.94. The van der Waals surface area contributed by atoms with Crippen LogP contribution in [0.15, 0.2) is 23.1 Å². The quantitative estimate of drug-likeness (QED) is 0.619. The van der Waals surface area contributed by atoms with Crippen LogP contribution in [0.4, 0.5) is 11.4 Å². The number of carbonyl (C=O) groups is 1. The Bertz CT molecular complexity index is 1040. The van der Waals surface area contributed by atoms with Crippen molar-refractivity contribution in [3.05, 3.63) is 44.2 Å². The minimum Gasteiger partial charge on any atom is -0.477 e. The Morgan fingerprint density at radius 1 is 1.24 bits per heavy atom. The topological polar surface area (TPSA) is 115 Å². The number of ether oxygens (including phenoxy) is 1. The van der Waals surface area contributed by atoms with Gasteiger partial charge < -0.3 is 19.3 Å². The summed E-state index contributed by atoms with van der Waals surface area (Å²) in [6, 6.07) is 2.82. The predicted molar refractivity (Wildman–Crippen MR) is 109 cm³/mol. The maximum atomic E-state index is 12.8. The van der Waals surface area contributed by atoms with Crippen molar-refractivity contribution in [3.8, 4) is 0 Å². The van der Waals surface area contributed by atoms with E-state index < -0.39 is 27.4 Å². The van der Waals surface area contributed by atoms with Crippen molar-refractivity contribution >= 4 is 28.2 Å². The molecule has 1 aliphatic rings. The number of nitro groups is 1. The predicted octanol–water partition coefficient (Wildman–Crippen LogP) is 2.98. The normalized spacial score (nSPS) is 20.1. The van der Waals surface area contributed by atoms with E-state index in [1.54, 1.807) is 10.6 Å². The van der Waals surface area contributed by atoms with Crippen LogP contribution in [-0.2, 0) is 10.3 Å². The maximum Gasteiger partial charge on any atom is 0.341 e. The minimum atomic E-state index is -1.36. The first-order valence-corrected chi connectivity index (χ1v) is 9.42. The summed E-state index contributed by atoms with van der Waals surface area (Å²) in [6.45, 7) is 10.4. The van der Waals surface area contributed by atoms with Crippen molar-refractivity contribution in [1.29, 1.82) is 0 Å². The number of carboxylic acid groups (broad SMARTS) is 1. The highest BCUT2D eigenvalue weighted by atomic mass is 16.6. The molecule has 1 saturated heterocycles. The van der Waals surface area contributed by atoms with Crippen molar-refractivity contribution in [3.63, 3.8) is 0 Å². The molecule has 0 aliphatic carbocycles. The van der Waals surface area contributed by atoms with E-state index in [0.717, 1.165) is 0 Å². The number of morpholine rings is 1. The number of fused-ring (bicyclic) bond motifs is 1. The third-order valence-corrected chi connectivity index (χ3v) is 5.01. The van der Waals surface area contributed by atoms with Gasteiger partial charge in [0.15, 0.2) is 0 Å². The summed E-state index contributed by atoms with van der Waals surface area (Å²) in [7, 11) is 0. The number of hydrogen-bond acceptors (Lipinski definition) is 6. The lowest BCUT2D eigenvalue weighted by Crippen LogP contribution is -2.45. The highest BCUT2D eigenvalue weighted by molar-refractivity contribution is 5.95. The van der Waals surface area contributed by atoms with E-state index in [2.05, 4.69) is 0 Å². The number of aromatic carboxylic acids is 1. The lowest BCUT2D eigenvalue weighted by molar-refractivity contribution is -0.384. The maximum absolute atomic E-state index is 12.8. The smallest absolute Gasteiger partial charge is 0.341 e. The van der Waals surface area contributed by atoms with Crippen LogP contribution in [0.2, 0.25) is 0 Å². The molecule has 2 atom stereocenters. The molecule has 2 aromatic rings. The molecule has 0 amide bonds. The number of pyridine rings is 1. The molecule has 1 fully saturated rings. The molecule has 2 unspecified atom stereocenters. The Morgan fingerprint density at radius 2 is 1.83 bits per heavy atom. The van der Waals surface area contributed by atoms with Gasteiger partial charge in [-0.15, -0.1) is 0 Å². The summed E-state index contributed by atoms with van der Waals surface area (Å²) < 4.78 is 7.42. The standard InChI is InChI=1S/C20H25N3O6/c1-11-8-21(9-12(2)29-11)16-7-15-13(6-17(16)23(27)28)18(24)14(19(25)26)10-22(15)20(3,4)5/h6-7,10-12H,8-9H2,1-5H3,(H,25,26). The Labute approximate surface area is 167 Å². The van der Waals surface area contributed by atoms with Gasteiger partial charge in [-0.2, -0.15) is 0 Å². The van der Waals surface area contributed by atoms with E-state index in [4.69, 9.17) is 4.74 Å². The summed E-state index contributed by atoms with van der Waals surface area (Å²) in [5, 5.41) is 21.3. The largest absolute Gasteiger partial charge is 0.477 e. The molecule has 3 rings (SSSR count). The molecular weight excluding hydrogens is 378 g/mol. The van der Waals surface area contributed by atoms with Crippen LogP contribution in [0.25, 0.3) is 10.9 Å². The summed E-state index contributed by atoms with van der Waals surface area (Å²) in [4.78, 5) is 37.5. The molecule has 29 heavy (non-hydrogen) atoms. The molecule has 0 bridgehead atoms. The molecule has 2 heterocycles. The Kier molecular flexibility index (Phi) is 5.12. The van der Waals surface area contributed by atoms with Crippen LogP contribution in [0.5, 0.6) is 0 Å². The van der Waals surface area contributed by atoms with Gasteiger partial charge >= 0.3 is 5.97 Å². The fourth-order valence-corrected chi connectivity index (χ4v) is 3.83. The molecule has 156 valence electrons. The van der Waals surface area contributed by atoms with Gasteiger partial charge in [-0.25, -0.2) is 4.79 Å². The Balaban J connectivity index is 2.38. The zero-order valence-electron chi connectivity index (χ0n) is 17.1. The van der Waals surface area contributed by atoms with Gasteiger partial charge in [0.2, 0.25) is 5.43 Å². The number of aromatic nitrogens is 1. The lowest BCUT2D eigenvalue weighted by atomic mass is 10.0. The van der Waals surface area contributed by atoms with Crippen molar-refractivity contribution in [1.82, 2.24) is 4.57 Å². The van der Waals surface area contributed by atoms with Gasteiger partial charge in [0.05, 0.1) is 28.0 Å². The van der Waals surface area contributed by atoms with Crippen molar-refractivity contribution in [2.45, 2.75) is 52.4 Å². The van der Waals surface area contributed by atoms with Gasteiger partial charge in [0, 0.05) is 30.9 Å². The van der Waals surface area contributed by atoms with Crippen LogP contribution in [0.3, 0.4) is 0 Å². The first kappa shape index (κ1) is 20.8. The Morgan fingerprint density at radius 3 is 2.31 bits per heavy atom. The van der Waals surface area contributed by atoms with Crippen LogP contribution >= 0.6 is 0 Å². The van der Waals surface area contributed by atoms with Gasteiger partial charge in [-0.3, -0.25) is 14.9 Å². The van der Waals surface area contributed by atoms with Crippen molar-refractivity contribution < 1.29 is 19.6 Å². The van der Waals surface area contributed by atoms with Crippen LogP contribution < -0.4 is 10.3 Å². The van der Waals surface area contributed by atoms with E-state index in [1.165, 1.54) is 12.3 Å². The fraction of sp³-hybridized carbons (Fsp3) is 0.500. The summed E-state index contributed by atoms with van der Waals surface area (Å²) >= 11 is 0. The van der Waals surface area contributed by atoms with Gasteiger partial charge in [0.25, 0.3) is 5.69 Å². The van der Waals surface area contributed by atoms with E-state index >= 15 is 0 Å². The highest BCUT2D eigenvalue weighted by Crippen LogP contribution is 2.35. The van der Waals surface area contributed by atoms with E-state index in [0.29, 0.717) is 24.3 Å². The zero-order chi connectivity index (χ0) is 21.7. The van der Waals surface area contributed by atoms with Crippen molar-refractivity contribution in [2.24, 2.45) is 0 Å². The molecule has 9 nitrogen and oxygen atoms in total. The molecule has 1 N–H and O–H groups in total. The molecule has 9 heteroatoms. The third-order valence-electron chi connectivity index (χ3n) is 5.01. The third kappa shape index (κ3) is 3.82. The summed E-state index contributed by atoms with van der Waals surface area (Å²) in [5.74, 6) is -1.36. The molecule has 0 spiro atoms. The minimum absolute atomic E-state index is 0.0182. The summed E-state index contributed by atoms with van der Waals surface area (Å²) in [5.41, 5.74) is -1.06. The number of nitro benzene ring substituents is 1. The van der Waals surface area contributed by atoms with Gasteiger partial charge in [-0.1, -0.05) is 0 Å². The second-order valence-corrected chi connectivity index (χ2v) is 8.50. The second kappa shape index (κ2) is 7.14. The van der Waals surface area contributed by atoms with Crippen molar-refractivity contribution in [2.75, 3.05) is 18.0 Å². The average Bonchev–Trinajstić information content (AvgIpc) is 2.58. The van der Waals surface area contributed by atoms with E-state index in [1.807, 2.05) is 39.5 Å². The number of nitrogens with zero attached hydrogens (tertiary/aromatic N) is 3. The van der Waals surface area contributed by atoms with E-state index in [-0.39, 0.29) is 23.3 Å². The summed E-state index contributed by atoms with van der Waals surface area (Å²) in [6.07, 6.45) is 1.11. The number of carboxylic acids is 1. The van der Waals surface area contributed by atoms with Gasteiger partial charge in [0.1, 0.15) is 11.3 Å².